The Bertz CT molecular complexity index is 664. The summed E-state index contributed by atoms with van der Waals surface area (Å²) < 4.78 is 22.0. The highest BCUT2D eigenvalue weighted by molar-refractivity contribution is 6.74. The van der Waals surface area contributed by atoms with Crippen molar-refractivity contribution in [2.45, 2.75) is 63.5 Å². The van der Waals surface area contributed by atoms with Gasteiger partial charge in [-0.05, 0) is 37.0 Å². The highest BCUT2D eigenvalue weighted by atomic mass is 28.4. The Kier molecular flexibility index (Phi) is 6.57. The molecule has 0 amide bonds. The third-order valence-corrected chi connectivity index (χ3v) is 10.8. The van der Waals surface area contributed by atoms with Gasteiger partial charge < -0.3 is 18.6 Å². The Balaban J connectivity index is 2.21. The van der Waals surface area contributed by atoms with Crippen molar-refractivity contribution in [1.29, 1.82) is 0 Å². The van der Waals surface area contributed by atoms with E-state index >= 15 is 0 Å². The summed E-state index contributed by atoms with van der Waals surface area (Å²) in [5.41, 5.74) is -1.41. The minimum absolute atomic E-state index is 0.0775. The second kappa shape index (κ2) is 8.08. The molecule has 2 aliphatic rings. The third kappa shape index (κ3) is 3.95. The Morgan fingerprint density at radius 3 is 2.32 bits per heavy atom. The van der Waals surface area contributed by atoms with Gasteiger partial charge >= 0.3 is 11.9 Å². The van der Waals surface area contributed by atoms with E-state index < -0.39 is 43.8 Å². The summed E-state index contributed by atoms with van der Waals surface area (Å²) in [6, 6.07) is 0. The van der Waals surface area contributed by atoms with E-state index in [4.69, 9.17) is 18.6 Å². The first-order valence-corrected chi connectivity index (χ1v) is 12.5. The van der Waals surface area contributed by atoms with E-state index in [1.165, 1.54) is 26.4 Å². The van der Waals surface area contributed by atoms with Crippen LogP contribution in [-0.4, -0.2) is 58.6 Å². The quantitative estimate of drug-likeness (QED) is 0.361. The number of esters is 2. The van der Waals surface area contributed by atoms with Crippen LogP contribution in [-0.2, 0) is 33.0 Å². The van der Waals surface area contributed by atoms with Crippen molar-refractivity contribution in [2.75, 3.05) is 20.8 Å². The number of ketones is 1. The van der Waals surface area contributed by atoms with Crippen LogP contribution in [0.5, 0.6) is 0 Å². The van der Waals surface area contributed by atoms with E-state index in [2.05, 4.69) is 33.9 Å². The van der Waals surface area contributed by atoms with Crippen LogP contribution in [0.4, 0.5) is 0 Å². The molecule has 2 aliphatic heterocycles. The Labute approximate surface area is 167 Å². The van der Waals surface area contributed by atoms with Gasteiger partial charge in [-0.1, -0.05) is 26.8 Å². The normalized spacial score (nSPS) is 29.7. The number of rotatable bonds is 7. The van der Waals surface area contributed by atoms with E-state index in [9.17, 15) is 14.4 Å². The molecule has 1 saturated heterocycles. The van der Waals surface area contributed by atoms with Gasteiger partial charge in [-0.25, -0.2) is 0 Å². The van der Waals surface area contributed by atoms with E-state index in [1.807, 2.05) is 0 Å². The van der Waals surface area contributed by atoms with Gasteiger partial charge in [-0.2, -0.15) is 0 Å². The van der Waals surface area contributed by atoms with Crippen molar-refractivity contribution < 1.29 is 33.0 Å². The zero-order valence-corrected chi connectivity index (χ0v) is 18.9. The molecule has 0 saturated carbocycles. The molecule has 8 heteroatoms. The summed E-state index contributed by atoms with van der Waals surface area (Å²) in [7, 11) is 0.574. The van der Waals surface area contributed by atoms with Gasteiger partial charge in [0, 0.05) is 6.61 Å². The minimum Gasteiger partial charge on any atom is -0.469 e. The third-order valence-electron chi connectivity index (χ3n) is 6.31. The Morgan fingerprint density at radius 1 is 1.18 bits per heavy atom. The summed E-state index contributed by atoms with van der Waals surface area (Å²) in [4.78, 5) is 37.7. The average Bonchev–Trinajstić information content (AvgIpc) is 2.90. The summed E-state index contributed by atoms with van der Waals surface area (Å²) in [5.74, 6) is -3.48. The van der Waals surface area contributed by atoms with Crippen molar-refractivity contribution in [3.05, 3.63) is 12.2 Å². The van der Waals surface area contributed by atoms with Gasteiger partial charge in [0.15, 0.2) is 14.1 Å². The van der Waals surface area contributed by atoms with Gasteiger partial charge in [-0.15, -0.1) is 0 Å². The smallest absolute Gasteiger partial charge is 0.313 e. The molecule has 1 fully saturated rings. The fraction of sp³-hybridized carbons (Fsp3) is 0.750. The van der Waals surface area contributed by atoms with Crippen LogP contribution in [0, 0.1) is 11.8 Å². The fourth-order valence-corrected chi connectivity index (χ4v) is 4.74. The molecule has 0 aromatic heterocycles. The van der Waals surface area contributed by atoms with Crippen molar-refractivity contribution in [3.63, 3.8) is 0 Å². The van der Waals surface area contributed by atoms with Gasteiger partial charge in [0.2, 0.25) is 0 Å². The van der Waals surface area contributed by atoms with Crippen LogP contribution in [0.2, 0.25) is 18.1 Å². The first-order chi connectivity index (χ1) is 12.9. The number of ether oxygens (including phenoxy) is 3. The van der Waals surface area contributed by atoms with Crippen molar-refractivity contribution in [3.8, 4) is 0 Å². The largest absolute Gasteiger partial charge is 0.469 e. The summed E-state index contributed by atoms with van der Waals surface area (Å²) in [6.45, 7) is 11.3. The molecule has 28 heavy (non-hydrogen) atoms. The van der Waals surface area contributed by atoms with Crippen LogP contribution in [0.15, 0.2) is 12.2 Å². The predicted octanol–water partition coefficient (Wildman–Crippen LogP) is 2.64. The highest BCUT2D eigenvalue weighted by Crippen LogP contribution is 2.48. The molecule has 0 unspecified atom stereocenters. The molecule has 0 aromatic carbocycles. The first kappa shape index (κ1) is 22.8. The maximum Gasteiger partial charge on any atom is 0.313 e. The van der Waals surface area contributed by atoms with Gasteiger partial charge in [0.1, 0.15) is 17.4 Å². The molecule has 7 nitrogen and oxygen atoms in total. The highest BCUT2D eigenvalue weighted by Gasteiger charge is 2.65. The SMILES string of the molecule is COC(=O)[C@@H]1[C@H]2C=CC(=O)[C@](CCCO[Si](C)(C)C(C)(C)C)(O2)[C@H]1C(=O)OC. The monoisotopic (exact) mass is 412 g/mol. The molecule has 4 atom stereocenters. The standard InChI is InChI=1S/C20H32O7Si/c1-19(2,3)28(6,7)26-12-8-11-20-14(21)10-9-13(27-20)15(17(22)24-4)16(20)18(23)25-5/h9-10,13,15-16H,8,11-12H2,1-7H3/t13-,15-,16-,20+/m1/s1. The summed E-state index contributed by atoms with van der Waals surface area (Å²) in [5, 5.41) is 0.0775. The molecule has 0 N–H and O–H groups in total. The number of hydrogen-bond donors (Lipinski definition) is 0. The lowest BCUT2D eigenvalue weighted by atomic mass is 9.76. The molecule has 0 aliphatic carbocycles. The fourth-order valence-electron chi connectivity index (χ4n) is 3.65. The number of fused-ring (bicyclic) bond motifs is 2. The van der Waals surface area contributed by atoms with Gasteiger partial charge in [-0.3, -0.25) is 14.4 Å². The lowest BCUT2D eigenvalue weighted by molar-refractivity contribution is -0.163. The zero-order chi connectivity index (χ0) is 21.3. The van der Waals surface area contributed by atoms with E-state index in [0.29, 0.717) is 13.0 Å². The number of carbonyl (C=O) groups excluding carboxylic acids is 3. The molecule has 0 aromatic rings. The van der Waals surface area contributed by atoms with Crippen molar-refractivity contribution in [1.82, 2.24) is 0 Å². The van der Waals surface area contributed by atoms with Crippen molar-refractivity contribution in [2.24, 2.45) is 11.8 Å². The van der Waals surface area contributed by atoms with E-state index in [0.717, 1.165) is 0 Å². The molecule has 2 rings (SSSR count). The molecule has 2 bridgehead atoms. The maximum atomic E-state index is 12.8. The molecule has 2 heterocycles. The molecular weight excluding hydrogens is 380 g/mol. The molecule has 0 radical (unpaired) electrons. The minimum atomic E-state index is -1.92. The Hall–Kier alpha value is -1.51. The summed E-state index contributed by atoms with van der Waals surface area (Å²) in [6.07, 6.45) is 3.05. The number of carbonyl (C=O) groups is 3. The second-order valence-electron chi connectivity index (χ2n) is 8.96. The average molecular weight is 413 g/mol. The van der Waals surface area contributed by atoms with Crippen LogP contribution in [0.1, 0.15) is 33.6 Å². The first-order valence-electron chi connectivity index (χ1n) is 9.61. The molecule has 0 spiro atoms. The maximum absolute atomic E-state index is 12.8. The van der Waals surface area contributed by atoms with Gasteiger partial charge in [0.25, 0.3) is 0 Å². The number of hydrogen-bond acceptors (Lipinski definition) is 7. The van der Waals surface area contributed by atoms with Crippen LogP contribution in [0.25, 0.3) is 0 Å². The predicted molar refractivity (Wildman–Crippen MR) is 105 cm³/mol. The molecular formula is C20H32O7Si. The van der Waals surface area contributed by atoms with Gasteiger partial charge in [0.05, 0.1) is 20.3 Å². The topological polar surface area (TPSA) is 88.1 Å². The van der Waals surface area contributed by atoms with Crippen LogP contribution in [0.3, 0.4) is 0 Å². The molecule has 158 valence electrons. The number of methoxy groups -OCH3 is 2. The lowest BCUT2D eigenvalue weighted by Crippen LogP contribution is -2.50. The van der Waals surface area contributed by atoms with Crippen molar-refractivity contribution >= 4 is 26.0 Å². The van der Waals surface area contributed by atoms with Crippen LogP contribution >= 0.6 is 0 Å². The second-order valence-corrected chi connectivity index (χ2v) is 13.8. The van der Waals surface area contributed by atoms with E-state index in [1.54, 1.807) is 0 Å². The Morgan fingerprint density at radius 2 is 1.79 bits per heavy atom. The zero-order valence-electron chi connectivity index (χ0n) is 17.9. The lowest BCUT2D eigenvalue weighted by Gasteiger charge is -2.37. The van der Waals surface area contributed by atoms with Crippen LogP contribution < -0.4 is 0 Å². The van der Waals surface area contributed by atoms with E-state index in [-0.39, 0.29) is 17.2 Å². The summed E-state index contributed by atoms with van der Waals surface area (Å²) >= 11 is 0.